The van der Waals surface area contributed by atoms with E-state index >= 15 is 0 Å². The third kappa shape index (κ3) is 2.19. The Balaban J connectivity index is 0.00000133. The zero-order chi connectivity index (χ0) is 12.7. The second-order valence-electron chi connectivity index (χ2n) is 4.07. The third-order valence-electron chi connectivity index (χ3n) is 2.96. The molecule has 0 amide bonds. The van der Waals surface area contributed by atoms with E-state index in [1.165, 1.54) is 17.1 Å². The fourth-order valence-corrected chi connectivity index (χ4v) is 2.97. The van der Waals surface area contributed by atoms with Crippen molar-refractivity contribution < 1.29 is 4.39 Å². The minimum absolute atomic E-state index is 0. The molecule has 0 bridgehead atoms. The van der Waals surface area contributed by atoms with E-state index in [-0.39, 0.29) is 18.2 Å². The number of hydrogen-bond donors (Lipinski definition) is 2. The topological polar surface area (TPSA) is 50.9 Å². The molecule has 3 heterocycles. The molecule has 1 aliphatic heterocycles. The summed E-state index contributed by atoms with van der Waals surface area (Å²) in [6.45, 7) is 2.09. The molecule has 0 fully saturated rings. The van der Waals surface area contributed by atoms with Gasteiger partial charge in [-0.15, -0.1) is 23.7 Å². The molecule has 0 saturated heterocycles. The van der Waals surface area contributed by atoms with Crippen molar-refractivity contribution in [2.45, 2.75) is 13.3 Å². The van der Waals surface area contributed by atoms with E-state index in [9.17, 15) is 4.39 Å². The number of thiophene rings is 1. The second-order valence-corrected chi connectivity index (χ2v) is 5.20. The van der Waals surface area contributed by atoms with Crippen LogP contribution in [-0.2, 0) is 6.42 Å². The first kappa shape index (κ1) is 13.8. The van der Waals surface area contributed by atoms with Gasteiger partial charge in [0.15, 0.2) is 0 Å². The van der Waals surface area contributed by atoms with Gasteiger partial charge < -0.3 is 11.1 Å². The smallest absolute Gasteiger partial charge is 0.135 e. The number of anilines is 1. The van der Waals surface area contributed by atoms with Crippen molar-refractivity contribution in [1.29, 1.82) is 0 Å². The first-order valence-corrected chi connectivity index (χ1v) is 6.52. The maximum absolute atomic E-state index is 13.7. The summed E-state index contributed by atoms with van der Waals surface area (Å²) >= 11 is 1.64. The molecule has 0 saturated carbocycles. The van der Waals surface area contributed by atoms with Crippen molar-refractivity contribution >= 4 is 40.6 Å². The van der Waals surface area contributed by atoms with Gasteiger partial charge in [-0.25, -0.2) is 4.39 Å². The lowest BCUT2D eigenvalue weighted by molar-refractivity contribution is 0.613. The lowest BCUT2D eigenvalue weighted by atomic mass is 10.2. The zero-order valence-electron chi connectivity index (χ0n) is 10.2. The van der Waals surface area contributed by atoms with Crippen LogP contribution in [0.2, 0.25) is 0 Å². The largest absolute Gasteiger partial charge is 0.396 e. The molecule has 2 aromatic heterocycles. The van der Waals surface area contributed by atoms with E-state index in [1.54, 1.807) is 17.5 Å². The minimum atomic E-state index is -0.318. The van der Waals surface area contributed by atoms with Crippen LogP contribution in [0.1, 0.15) is 17.4 Å². The summed E-state index contributed by atoms with van der Waals surface area (Å²) in [6, 6.07) is 3.37. The molecule has 3 rings (SSSR count). The van der Waals surface area contributed by atoms with Crippen LogP contribution in [0.4, 0.5) is 9.39 Å². The second kappa shape index (κ2) is 5.19. The zero-order valence-corrected chi connectivity index (χ0v) is 11.9. The van der Waals surface area contributed by atoms with Crippen molar-refractivity contribution in [3.8, 4) is 0 Å². The standard InChI is InChI=1S/C13H12FN3S.ClH/c1-2-7-5-8-11(15)12-9(6-17-13(8)18-7)10(14)3-4-16-12;/h3-6,17H,2,15H2,1H3;1H. The molecule has 0 atom stereocenters. The van der Waals surface area contributed by atoms with Crippen LogP contribution in [-0.4, -0.2) is 4.98 Å². The van der Waals surface area contributed by atoms with Crippen molar-refractivity contribution in [2.24, 2.45) is 5.73 Å². The normalized spacial score (nSPS) is 12.4. The highest BCUT2D eigenvalue weighted by atomic mass is 35.5. The van der Waals surface area contributed by atoms with Crippen LogP contribution >= 0.6 is 23.7 Å². The average Bonchev–Trinajstić information content (AvgIpc) is 2.74. The highest BCUT2D eigenvalue weighted by molar-refractivity contribution is 7.16. The van der Waals surface area contributed by atoms with Gasteiger partial charge in [-0.3, -0.25) is 4.98 Å². The van der Waals surface area contributed by atoms with Crippen molar-refractivity contribution in [1.82, 2.24) is 4.98 Å². The monoisotopic (exact) mass is 297 g/mol. The van der Waals surface area contributed by atoms with Gasteiger partial charge in [0.25, 0.3) is 0 Å². The molecule has 0 aliphatic carbocycles. The Morgan fingerprint density at radius 3 is 3.00 bits per heavy atom. The van der Waals surface area contributed by atoms with Gasteiger partial charge in [-0.1, -0.05) is 6.92 Å². The third-order valence-corrected chi connectivity index (χ3v) is 4.17. The molecule has 3 nitrogen and oxygen atoms in total. The van der Waals surface area contributed by atoms with Crippen molar-refractivity contribution in [3.05, 3.63) is 45.2 Å². The molecule has 0 unspecified atom stereocenters. The van der Waals surface area contributed by atoms with Crippen LogP contribution in [0.5, 0.6) is 0 Å². The number of fused-ring (bicyclic) bond motifs is 2. The van der Waals surface area contributed by atoms with Gasteiger partial charge >= 0.3 is 0 Å². The van der Waals surface area contributed by atoms with Gasteiger partial charge in [0.05, 0.1) is 16.3 Å². The summed E-state index contributed by atoms with van der Waals surface area (Å²) in [5.41, 5.74) is 7.56. The van der Waals surface area contributed by atoms with E-state index in [0.717, 1.165) is 17.0 Å². The molecule has 0 spiro atoms. The summed E-state index contributed by atoms with van der Waals surface area (Å²) in [5.74, 6) is -0.318. The van der Waals surface area contributed by atoms with Gasteiger partial charge in [0, 0.05) is 22.8 Å². The molecule has 1 aliphatic rings. The fraction of sp³-hybridized carbons (Fsp3) is 0.154. The van der Waals surface area contributed by atoms with Crippen LogP contribution < -0.4 is 21.6 Å². The quantitative estimate of drug-likeness (QED) is 0.840. The maximum Gasteiger partial charge on any atom is 0.135 e. The SMILES string of the molecule is CCc1cc2c(s1)NC=c1c(F)ccnc1=C2N.Cl. The maximum atomic E-state index is 13.7. The summed E-state index contributed by atoms with van der Waals surface area (Å²) in [5, 5.41) is 4.98. The predicted octanol–water partition coefficient (Wildman–Crippen LogP) is 1.55. The van der Waals surface area contributed by atoms with Crippen LogP contribution in [0, 0.1) is 5.82 Å². The van der Waals surface area contributed by atoms with E-state index < -0.39 is 0 Å². The fourth-order valence-electron chi connectivity index (χ4n) is 1.99. The Bertz CT molecular complexity index is 739. The van der Waals surface area contributed by atoms with Crippen molar-refractivity contribution in [3.63, 3.8) is 0 Å². The van der Waals surface area contributed by atoms with Crippen LogP contribution in [0.25, 0.3) is 11.9 Å². The molecule has 0 aromatic carbocycles. The molecule has 6 heteroatoms. The number of aryl methyl sites for hydroxylation is 1. The molecular weight excluding hydrogens is 285 g/mol. The van der Waals surface area contributed by atoms with Gasteiger partial charge in [-0.2, -0.15) is 0 Å². The van der Waals surface area contributed by atoms with E-state index in [2.05, 4.69) is 17.2 Å². The number of hydrogen-bond acceptors (Lipinski definition) is 4. The Morgan fingerprint density at radius 2 is 2.26 bits per heavy atom. The Labute approximate surface area is 120 Å². The van der Waals surface area contributed by atoms with Crippen LogP contribution in [0.3, 0.4) is 0 Å². The highest BCUT2D eigenvalue weighted by Crippen LogP contribution is 2.31. The molecule has 19 heavy (non-hydrogen) atoms. The van der Waals surface area contributed by atoms with Gasteiger partial charge in [-0.05, 0) is 18.6 Å². The highest BCUT2D eigenvalue weighted by Gasteiger charge is 2.14. The molecular formula is C13H13ClFN3S. The first-order valence-electron chi connectivity index (χ1n) is 5.71. The lowest BCUT2D eigenvalue weighted by Gasteiger charge is -1.99. The number of halogens is 2. The molecule has 3 N–H and O–H groups in total. The Morgan fingerprint density at radius 1 is 1.47 bits per heavy atom. The van der Waals surface area contributed by atoms with E-state index in [1.807, 2.05) is 6.07 Å². The molecule has 100 valence electrons. The predicted molar refractivity (Wildman–Crippen MR) is 79.2 cm³/mol. The average molecular weight is 298 g/mol. The molecule has 0 radical (unpaired) electrons. The lowest BCUT2D eigenvalue weighted by Crippen LogP contribution is -2.35. The number of pyridine rings is 1. The van der Waals surface area contributed by atoms with Gasteiger partial charge in [0.1, 0.15) is 10.8 Å². The van der Waals surface area contributed by atoms with Crippen LogP contribution in [0.15, 0.2) is 18.3 Å². The van der Waals surface area contributed by atoms with Gasteiger partial charge in [0.2, 0.25) is 0 Å². The number of rotatable bonds is 1. The summed E-state index contributed by atoms with van der Waals surface area (Å²) < 4.78 is 13.7. The molecule has 2 aromatic rings. The summed E-state index contributed by atoms with van der Waals surface area (Å²) in [6.07, 6.45) is 4.02. The number of nitrogens with two attached hydrogens (primary N) is 1. The Hall–Kier alpha value is -1.59. The number of nitrogens with zero attached hydrogens (tertiary/aromatic N) is 1. The first-order chi connectivity index (χ1) is 8.70. The van der Waals surface area contributed by atoms with E-state index in [4.69, 9.17) is 5.73 Å². The summed E-state index contributed by atoms with van der Waals surface area (Å²) in [4.78, 5) is 5.43. The number of aromatic nitrogens is 1. The number of nitrogens with one attached hydrogen (secondary N) is 1. The van der Waals surface area contributed by atoms with Crippen molar-refractivity contribution in [2.75, 3.05) is 5.32 Å². The Kier molecular flexibility index (Phi) is 3.78. The summed E-state index contributed by atoms with van der Waals surface area (Å²) in [7, 11) is 0. The van der Waals surface area contributed by atoms with E-state index in [0.29, 0.717) is 16.3 Å². The minimum Gasteiger partial charge on any atom is -0.396 e.